The quantitative estimate of drug-likeness (QED) is 0.787. The molecule has 2 heteroatoms. The molecule has 0 fully saturated rings. The molecule has 24 heavy (non-hydrogen) atoms. The van der Waals surface area contributed by atoms with Crippen LogP contribution >= 0.6 is 0 Å². The topological polar surface area (TPSA) is 18.5 Å². The van der Waals surface area contributed by atoms with E-state index in [1.54, 1.807) is 14.2 Å². The lowest BCUT2D eigenvalue weighted by Gasteiger charge is -2.26. The SMILES string of the molecule is COc1cccc2c1CCC=C2C1=CCCc2c(OC)cccc21. The van der Waals surface area contributed by atoms with E-state index in [-0.39, 0.29) is 0 Å². The normalized spacial score (nSPS) is 15.8. The zero-order valence-corrected chi connectivity index (χ0v) is 14.3. The molecule has 0 radical (unpaired) electrons. The Balaban J connectivity index is 1.85. The molecular weight excluding hydrogens is 296 g/mol. The summed E-state index contributed by atoms with van der Waals surface area (Å²) in [6.07, 6.45) is 8.95. The predicted molar refractivity (Wildman–Crippen MR) is 98.6 cm³/mol. The summed E-state index contributed by atoms with van der Waals surface area (Å²) in [5, 5.41) is 0. The lowest BCUT2D eigenvalue weighted by molar-refractivity contribution is 0.409. The molecule has 2 aromatic rings. The molecule has 0 spiro atoms. The highest BCUT2D eigenvalue weighted by atomic mass is 16.5. The van der Waals surface area contributed by atoms with Crippen LogP contribution in [0.15, 0.2) is 48.6 Å². The van der Waals surface area contributed by atoms with Gasteiger partial charge in [0.25, 0.3) is 0 Å². The van der Waals surface area contributed by atoms with Crippen molar-refractivity contribution in [2.45, 2.75) is 25.7 Å². The maximum Gasteiger partial charge on any atom is 0.122 e. The van der Waals surface area contributed by atoms with Crippen molar-refractivity contribution in [1.82, 2.24) is 0 Å². The van der Waals surface area contributed by atoms with Gasteiger partial charge in [-0.3, -0.25) is 0 Å². The smallest absolute Gasteiger partial charge is 0.122 e. The predicted octanol–water partition coefficient (Wildman–Crippen LogP) is 5.06. The molecule has 0 heterocycles. The van der Waals surface area contributed by atoms with Crippen LogP contribution in [0.5, 0.6) is 11.5 Å². The van der Waals surface area contributed by atoms with E-state index in [1.165, 1.54) is 33.4 Å². The minimum Gasteiger partial charge on any atom is -0.496 e. The zero-order chi connectivity index (χ0) is 16.5. The monoisotopic (exact) mass is 318 g/mol. The number of hydrogen-bond donors (Lipinski definition) is 0. The molecule has 0 saturated heterocycles. The lowest BCUT2D eigenvalue weighted by atomic mass is 9.79. The van der Waals surface area contributed by atoms with E-state index >= 15 is 0 Å². The first kappa shape index (κ1) is 15.1. The van der Waals surface area contributed by atoms with Gasteiger partial charge in [0.15, 0.2) is 0 Å². The molecular formula is C22H22O2. The molecule has 2 aliphatic rings. The van der Waals surface area contributed by atoms with Crippen molar-refractivity contribution in [1.29, 1.82) is 0 Å². The summed E-state index contributed by atoms with van der Waals surface area (Å²) in [7, 11) is 3.52. The van der Waals surface area contributed by atoms with E-state index in [0.29, 0.717) is 0 Å². The Hall–Kier alpha value is -2.48. The second-order valence-electron chi connectivity index (χ2n) is 6.29. The van der Waals surface area contributed by atoms with Crippen molar-refractivity contribution in [2.75, 3.05) is 14.2 Å². The molecule has 0 bridgehead atoms. The van der Waals surface area contributed by atoms with Crippen LogP contribution in [0, 0.1) is 0 Å². The van der Waals surface area contributed by atoms with Crippen LogP contribution in [0.3, 0.4) is 0 Å². The van der Waals surface area contributed by atoms with E-state index in [1.807, 2.05) is 0 Å². The number of methoxy groups -OCH3 is 2. The summed E-state index contributed by atoms with van der Waals surface area (Å²) in [6.45, 7) is 0. The second-order valence-corrected chi connectivity index (χ2v) is 6.29. The summed E-state index contributed by atoms with van der Waals surface area (Å²) >= 11 is 0. The zero-order valence-electron chi connectivity index (χ0n) is 14.3. The fourth-order valence-electron chi connectivity index (χ4n) is 3.99. The Morgan fingerprint density at radius 3 is 1.54 bits per heavy atom. The van der Waals surface area contributed by atoms with Gasteiger partial charge in [-0.15, -0.1) is 0 Å². The number of rotatable bonds is 3. The molecule has 2 nitrogen and oxygen atoms in total. The van der Waals surface area contributed by atoms with Crippen molar-refractivity contribution in [2.24, 2.45) is 0 Å². The third-order valence-corrected chi connectivity index (χ3v) is 5.06. The summed E-state index contributed by atoms with van der Waals surface area (Å²) < 4.78 is 11.2. The Morgan fingerprint density at radius 2 is 1.12 bits per heavy atom. The van der Waals surface area contributed by atoms with Gasteiger partial charge in [0.2, 0.25) is 0 Å². The molecule has 2 aliphatic carbocycles. The highest BCUT2D eigenvalue weighted by molar-refractivity contribution is 6.07. The van der Waals surface area contributed by atoms with Gasteiger partial charge in [0.05, 0.1) is 14.2 Å². The Kier molecular flexibility index (Phi) is 3.89. The second kappa shape index (κ2) is 6.20. The summed E-state index contributed by atoms with van der Waals surface area (Å²) in [5.41, 5.74) is 7.94. The number of ether oxygens (including phenoxy) is 2. The molecule has 0 amide bonds. The van der Waals surface area contributed by atoms with Crippen molar-refractivity contribution in [3.8, 4) is 11.5 Å². The van der Waals surface area contributed by atoms with E-state index in [4.69, 9.17) is 9.47 Å². The molecule has 0 unspecified atom stereocenters. The molecule has 0 aromatic heterocycles. The van der Waals surface area contributed by atoms with Crippen LogP contribution < -0.4 is 9.47 Å². The van der Waals surface area contributed by atoms with Gasteiger partial charge in [-0.05, 0) is 60.1 Å². The van der Waals surface area contributed by atoms with E-state index in [9.17, 15) is 0 Å². The standard InChI is InChI=1S/C22H22O2/c1-23-21-13-5-9-17-15(7-3-11-19(17)21)16-8-4-12-20-18(16)10-6-14-22(20)24-2/h5-10,13-14H,3-4,11-12H2,1-2H3. The first-order chi connectivity index (χ1) is 11.8. The van der Waals surface area contributed by atoms with Crippen molar-refractivity contribution in [3.63, 3.8) is 0 Å². The van der Waals surface area contributed by atoms with Crippen molar-refractivity contribution in [3.05, 3.63) is 70.8 Å². The summed E-state index contributed by atoms with van der Waals surface area (Å²) in [5.74, 6) is 2.00. The largest absolute Gasteiger partial charge is 0.496 e. The number of hydrogen-bond acceptors (Lipinski definition) is 2. The molecule has 0 N–H and O–H groups in total. The van der Waals surface area contributed by atoms with E-state index in [2.05, 4.69) is 48.6 Å². The van der Waals surface area contributed by atoms with Gasteiger partial charge in [0.1, 0.15) is 11.5 Å². The Bertz CT molecular complexity index is 772. The first-order valence-electron chi connectivity index (χ1n) is 8.56. The summed E-state index contributed by atoms with van der Waals surface area (Å²) in [4.78, 5) is 0. The number of allylic oxidation sites excluding steroid dienone is 4. The van der Waals surface area contributed by atoms with Gasteiger partial charge >= 0.3 is 0 Å². The van der Waals surface area contributed by atoms with Gasteiger partial charge in [0, 0.05) is 11.1 Å². The average Bonchev–Trinajstić information content (AvgIpc) is 2.66. The molecule has 2 aromatic carbocycles. The van der Waals surface area contributed by atoms with Crippen LogP contribution in [-0.4, -0.2) is 14.2 Å². The Labute approximate surface area is 143 Å². The van der Waals surface area contributed by atoms with Crippen LogP contribution in [0.1, 0.15) is 35.1 Å². The molecule has 0 aliphatic heterocycles. The highest BCUT2D eigenvalue weighted by Crippen LogP contribution is 2.44. The third kappa shape index (κ3) is 2.34. The van der Waals surface area contributed by atoms with Crippen LogP contribution in [0.2, 0.25) is 0 Å². The van der Waals surface area contributed by atoms with Crippen LogP contribution in [0.25, 0.3) is 11.1 Å². The van der Waals surface area contributed by atoms with Crippen LogP contribution in [0.4, 0.5) is 0 Å². The van der Waals surface area contributed by atoms with Gasteiger partial charge < -0.3 is 9.47 Å². The van der Waals surface area contributed by atoms with E-state index < -0.39 is 0 Å². The summed E-state index contributed by atoms with van der Waals surface area (Å²) in [6, 6.07) is 12.7. The minimum absolute atomic E-state index is 1.00. The van der Waals surface area contributed by atoms with Gasteiger partial charge in [-0.1, -0.05) is 36.4 Å². The fraction of sp³-hybridized carbons (Fsp3) is 0.273. The maximum absolute atomic E-state index is 5.59. The van der Waals surface area contributed by atoms with Gasteiger partial charge in [-0.25, -0.2) is 0 Å². The molecule has 122 valence electrons. The fourth-order valence-corrected chi connectivity index (χ4v) is 3.99. The van der Waals surface area contributed by atoms with Crippen molar-refractivity contribution < 1.29 is 9.47 Å². The molecule has 4 rings (SSSR count). The first-order valence-corrected chi connectivity index (χ1v) is 8.56. The van der Waals surface area contributed by atoms with Crippen LogP contribution in [-0.2, 0) is 12.8 Å². The van der Waals surface area contributed by atoms with Gasteiger partial charge in [-0.2, -0.15) is 0 Å². The molecule has 0 saturated carbocycles. The van der Waals surface area contributed by atoms with Crippen molar-refractivity contribution >= 4 is 11.1 Å². The third-order valence-electron chi connectivity index (χ3n) is 5.06. The Morgan fingerprint density at radius 1 is 0.667 bits per heavy atom. The highest BCUT2D eigenvalue weighted by Gasteiger charge is 2.23. The average molecular weight is 318 g/mol. The maximum atomic E-state index is 5.59. The van der Waals surface area contributed by atoms with E-state index in [0.717, 1.165) is 37.2 Å². The lowest BCUT2D eigenvalue weighted by Crippen LogP contribution is -2.08. The number of benzene rings is 2. The number of fused-ring (bicyclic) bond motifs is 2. The molecule has 0 atom stereocenters. The minimum atomic E-state index is 1.00.